The van der Waals surface area contributed by atoms with Crippen molar-refractivity contribution in [3.05, 3.63) is 0 Å². The zero-order valence-electron chi connectivity index (χ0n) is 10.3. The van der Waals surface area contributed by atoms with Crippen LogP contribution in [0.2, 0.25) is 0 Å². The predicted molar refractivity (Wildman–Crippen MR) is 66.4 cm³/mol. The van der Waals surface area contributed by atoms with Crippen molar-refractivity contribution in [1.82, 2.24) is 16.0 Å². The Morgan fingerprint density at radius 2 is 2.19 bits per heavy atom. The van der Waals surface area contributed by atoms with Gasteiger partial charge in [-0.1, -0.05) is 6.92 Å². The molecule has 1 unspecified atom stereocenters. The molecule has 1 aliphatic rings. The number of hydrogen-bond acceptors (Lipinski definition) is 3. The molecule has 1 aliphatic heterocycles. The maximum Gasteiger partial charge on any atom is 0.221 e. The van der Waals surface area contributed by atoms with Gasteiger partial charge in [-0.2, -0.15) is 0 Å². The molecule has 16 heavy (non-hydrogen) atoms. The summed E-state index contributed by atoms with van der Waals surface area (Å²) < 4.78 is 0. The zero-order chi connectivity index (χ0) is 11.6. The standard InChI is InChI=1S/C12H25N3O/c1-2-7-15-12(16)6-10-14-11-4-3-8-13-9-5-11/h11,13-14H,2-10H2,1H3,(H,15,16). The van der Waals surface area contributed by atoms with Gasteiger partial charge in [-0.25, -0.2) is 0 Å². The Morgan fingerprint density at radius 1 is 1.31 bits per heavy atom. The third kappa shape index (κ3) is 6.08. The molecular weight excluding hydrogens is 202 g/mol. The van der Waals surface area contributed by atoms with Crippen LogP contribution in [0.15, 0.2) is 0 Å². The highest BCUT2D eigenvalue weighted by Gasteiger charge is 2.11. The topological polar surface area (TPSA) is 53.2 Å². The van der Waals surface area contributed by atoms with Crippen LogP contribution in [0.3, 0.4) is 0 Å². The first-order chi connectivity index (χ1) is 7.83. The second-order valence-electron chi connectivity index (χ2n) is 4.43. The maximum absolute atomic E-state index is 11.3. The van der Waals surface area contributed by atoms with Gasteiger partial charge in [0.1, 0.15) is 0 Å². The van der Waals surface area contributed by atoms with Crippen molar-refractivity contribution in [2.45, 2.75) is 45.1 Å². The number of rotatable bonds is 6. The Balaban J connectivity index is 2.02. The SMILES string of the molecule is CCCNC(=O)CCNC1CCCNCC1. The van der Waals surface area contributed by atoms with Crippen molar-refractivity contribution >= 4 is 5.91 Å². The average molecular weight is 227 g/mol. The summed E-state index contributed by atoms with van der Waals surface area (Å²) in [5.41, 5.74) is 0. The highest BCUT2D eigenvalue weighted by Crippen LogP contribution is 2.04. The van der Waals surface area contributed by atoms with E-state index in [9.17, 15) is 4.79 Å². The van der Waals surface area contributed by atoms with Crippen LogP contribution in [0, 0.1) is 0 Å². The Hall–Kier alpha value is -0.610. The van der Waals surface area contributed by atoms with Crippen LogP contribution in [0.1, 0.15) is 39.0 Å². The first-order valence-corrected chi connectivity index (χ1v) is 6.53. The second kappa shape index (κ2) is 8.53. The molecule has 4 heteroatoms. The quantitative estimate of drug-likeness (QED) is 0.624. The van der Waals surface area contributed by atoms with Gasteiger partial charge in [-0.3, -0.25) is 4.79 Å². The molecule has 1 heterocycles. The molecule has 0 bridgehead atoms. The molecule has 0 aliphatic carbocycles. The fourth-order valence-corrected chi connectivity index (χ4v) is 1.97. The van der Waals surface area contributed by atoms with Crippen molar-refractivity contribution in [2.75, 3.05) is 26.2 Å². The van der Waals surface area contributed by atoms with Crippen LogP contribution in [0.5, 0.6) is 0 Å². The van der Waals surface area contributed by atoms with E-state index in [4.69, 9.17) is 0 Å². The lowest BCUT2D eigenvalue weighted by Gasteiger charge is -2.15. The number of hydrogen-bond donors (Lipinski definition) is 3. The minimum Gasteiger partial charge on any atom is -0.356 e. The van der Waals surface area contributed by atoms with E-state index in [0.29, 0.717) is 12.5 Å². The third-order valence-electron chi connectivity index (χ3n) is 2.93. The Morgan fingerprint density at radius 3 is 3.00 bits per heavy atom. The maximum atomic E-state index is 11.3. The predicted octanol–water partition coefficient (Wildman–Crippen LogP) is 0.634. The van der Waals surface area contributed by atoms with Gasteiger partial charge >= 0.3 is 0 Å². The van der Waals surface area contributed by atoms with E-state index in [1.165, 1.54) is 19.3 Å². The molecule has 1 fully saturated rings. The lowest BCUT2D eigenvalue weighted by molar-refractivity contribution is -0.121. The summed E-state index contributed by atoms with van der Waals surface area (Å²) in [6.07, 6.45) is 5.25. The molecule has 1 rings (SSSR count). The summed E-state index contributed by atoms with van der Waals surface area (Å²) in [7, 11) is 0. The minimum atomic E-state index is 0.168. The van der Waals surface area contributed by atoms with Crippen LogP contribution in [-0.4, -0.2) is 38.1 Å². The number of nitrogens with one attached hydrogen (secondary N) is 3. The van der Waals surface area contributed by atoms with Crippen LogP contribution in [-0.2, 0) is 4.79 Å². The zero-order valence-corrected chi connectivity index (χ0v) is 10.3. The molecule has 0 aromatic heterocycles. The fraction of sp³-hybridized carbons (Fsp3) is 0.917. The van der Waals surface area contributed by atoms with Gasteiger partial charge in [0.25, 0.3) is 0 Å². The van der Waals surface area contributed by atoms with Crippen LogP contribution in [0.4, 0.5) is 0 Å². The molecule has 0 radical (unpaired) electrons. The van der Waals surface area contributed by atoms with Gasteiger partial charge in [-0.05, 0) is 38.8 Å². The first kappa shape index (κ1) is 13.5. The molecule has 1 amide bonds. The number of carbonyl (C=O) groups excluding carboxylic acids is 1. The van der Waals surface area contributed by atoms with Crippen molar-refractivity contribution < 1.29 is 4.79 Å². The van der Waals surface area contributed by atoms with Crippen molar-refractivity contribution in [3.8, 4) is 0 Å². The average Bonchev–Trinajstić information content (AvgIpc) is 2.55. The Bertz CT molecular complexity index is 189. The fourth-order valence-electron chi connectivity index (χ4n) is 1.97. The van der Waals surface area contributed by atoms with Gasteiger partial charge in [0.05, 0.1) is 0 Å². The van der Waals surface area contributed by atoms with Crippen molar-refractivity contribution in [3.63, 3.8) is 0 Å². The van der Waals surface area contributed by atoms with E-state index in [0.717, 1.165) is 32.6 Å². The Labute approximate surface area is 98.6 Å². The second-order valence-corrected chi connectivity index (χ2v) is 4.43. The van der Waals surface area contributed by atoms with E-state index in [2.05, 4.69) is 22.9 Å². The van der Waals surface area contributed by atoms with Crippen LogP contribution >= 0.6 is 0 Å². The minimum absolute atomic E-state index is 0.168. The van der Waals surface area contributed by atoms with E-state index < -0.39 is 0 Å². The van der Waals surface area contributed by atoms with Gasteiger partial charge < -0.3 is 16.0 Å². The largest absolute Gasteiger partial charge is 0.356 e. The molecule has 0 saturated carbocycles. The van der Waals surface area contributed by atoms with Crippen LogP contribution < -0.4 is 16.0 Å². The molecule has 3 N–H and O–H groups in total. The summed E-state index contributed by atoms with van der Waals surface area (Å²) in [5, 5.41) is 9.74. The summed E-state index contributed by atoms with van der Waals surface area (Å²) in [6.45, 7) is 5.90. The van der Waals surface area contributed by atoms with Gasteiger partial charge in [0, 0.05) is 25.6 Å². The smallest absolute Gasteiger partial charge is 0.221 e. The molecule has 1 atom stereocenters. The van der Waals surface area contributed by atoms with Crippen LogP contribution in [0.25, 0.3) is 0 Å². The molecule has 0 aromatic carbocycles. The highest BCUT2D eigenvalue weighted by atomic mass is 16.1. The molecule has 0 aromatic rings. The normalized spacial score (nSPS) is 21.4. The summed E-state index contributed by atoms with van der Waals surface area (Å²) in [5.74, 6) is 0.168. The lowest BCUT2D eigenvalue weighted by Crippen LogP contribution is -2.34. The van der Waals surface area contributed by atoms with E-state index >= 15 is 0 Å². The molecule has 94 valence electrons. The van der Waals surface area contributed by atoms with E-state index in [1.807, 2.05) is 0 Å². The van der Waals surface area contributed by atoms with Gasteiger partial charge in [-0.15, -0.1) is 0 Å². The van der Waals surface area contributed by atoms with Gasteiger partial charge in [0.15, 0.2) is 0 Å². The number of carbonyl (C=O) groups is 1. The number of amides is 1. The van der Waals surface area contributed by atoms with E-state index in [-0.39, 0.29) is 5.91 Å². The lowest BCUT2D eigenvalue weighted by atomic mass is 10.1. The summed E-state index contributed by atoms with van der Waals surface area (Å²) in [6, 6.07) is 0.592. The first-order valence-electron chi connectivity index (χ1n) is 6.53. The molecule has 1 saturated heterocycles. The summed E-state index contributed by atoms with van der Waals surface area (Å²) >= 11 is 0. The van der Waals surface area contributed by atoms with Gasteiger partial charge in [0.2, 0.25) is 5.91 Å². The highest BCUT2D eigenvalue weighted by molar-refractivity contribution is 5.75. The monoisotopic (exact) mass is 227 g/mol. The van der Waals surface area contributed by atoms with E-state index in [1.54, 1.807) is 0 Å². The summed E-state index contributed by atoms with van der Waals surface area (Å²) in [4.78, 5) is 11.3. The Kier molecular flexibility index (Phi) is 7.17. The molecule has 0 spiro atoms. The van der Waals surface area contributed by atoms with Crippen molar-refractivity contribution in [1.29, 1.82) is 0 Å². The molecule has 4 nitrogen and oxygen atoms in total. The van der Waals surface area contributed by atoms with Crippen molar-refractivity contribution in [2.24, 2.45) is 0 Å². The third-order valence-corrected chi connectivity index (χ3v) is 2.93. The molecular formula is C12H25N3O.